The van der Waals surface area contributed by atoms with E-state index < -0.39 is 37.5 Å². The Morgan fingerprint density at radius 3 is 1.76 bits per heavy atom. The first-order valence-corrected chi connectivity index (χ1v) is 11.3. The number of hydrogen-bond acceptors (Lipinski definition) is 2. The molecule has 0 saturated carbocycles. The zero-order chi connectivity index (χ0) is 19.3. The van der Waals surface area contributed by atoms with Crippen LogP contribution in [0.2, 0.25) is 19.6 Å². The molecule has 0 aromatic heterocycles. The van der Waals surface area contributed by atoms with E-state index in [1.807, 2.05) is 19.6 Å². The highest BCUT2D eigenvalue weighted by atomic mass is 28.4. The van der Waals surface area contributed by atoms with Gasteiger partial charge in [0.1, 0.15) is 5.72 Å². The molecular formula is C16H21F6NOSi. The third-order valence-corrected chi connectivity index (χ3v) is 5.09. The zero-order valence-electron chi connectivity index (χ0n) is 14.5. The van der Waals surface area contributed by atoms with Crippen LogP contribution in [0.1, 0.15) is 29.5 Å². The van der Waals surface area contributed by atoms with Gasteiger partial charge < -0.3 is 4.43 Å². The van der Waals surface area contributed by atoms with Gasteiger partial charge >= 0.3 is 12.4 Å². The highest BCUT2D eigenvalue weighted by molar-refractivity contribution is 6.69. The van der Waals surface area contributed by atoms with E-state index in [1.54, 1.807) is 11.9 Å². The van der Waals surface area contributed by atoms with Crippen molar-refractivity contribution in [1.29, 1.82) is 0 Å². The number of hydrogen-bond donors (Lipinski definition) is 0. The molecule has 1 heterocycles. The second kappa shape index (κ2) is 6.28. The number of benzene rings is 1. The highest BCUT2D eigenvalue weighted by Gasteiger charge is 2.47. The lowest BCUT2D eigenvalue weighted by atomic mass is 9.95. The summed E-state index contributed by atoms with van der Waals surface area (Å²) in [5.41, 5.74) is -3.96. The predicted molar refractivity (Wildman–Crippen MR) is 84.4 cm³/mol. The molecule has 1 aromatic rings. The molecule has 1 fully saturated rings. The molecule has 1 saturated heterocycles. The molecule has 2 nitrogen and oxygen atoms in total. The van der Waals surface area contributed by atoms with Gasteiger partial charge in [0, 0.05) is 6.54 Å². The van der Waals surface area contributed by atoms with Crippen LogP contribution in [0.4, 0.5) is 26.3 Å². The third-order valence-electron chi connectivity index (χ3n) is 4.14. The second-order valence-electron chi connectivity index (χ2n) is 7.32. The highest BCUT2D eigenvalue weighted by Crippen LogP contribution is 2.45. The molecule has 1 aliphatic heterocycles. The van der Waals surface area contributed by atoms with Crippen LogP contribution in [0, 0.1) is 0 Å². The summed E-state index contributed by atoms with van der Waals surface area (Å²) in [5, 5.41) is 0. The van der Waals surface area contributed by atoms with Gasteiger partial charge in [-0.05, 0) is 63.3 Å². The van der Waals surface area contributed by atoms with E-state index in [0.717, 1.165) is 12.1 Å². The van der Waals surface area contributed by atoms with Crippen LogP contribution in [-0.4, -0.2) is 26.8 Å². The van der Waals surface area contributed by atoms with Crippen LogP contribution < -0.4 is 0 Å². The SMILES string of the molecule is CN1CCCC1(O[Si](C)(C)C)c1cc(C(F)(F)F)cc(C(F)(F)F)c1. The minimum Gasteiger partial charge on any atom is -0.396 e. The van der Waals surface area contributed by atoms with Gasteiger partial charge in [-0.25, -0.2) is 0 Å². The van der Waals surface area contributed by atoms with E-state index >= 15 is 0 Å². The maximum absolute atomic E-state index is 13.2. The number of alkyl halides is 6. The van der Waals surface area contributed by atoms with Crippen LogP contribution in [0.25, 0.3) is 0 Å². The molecule has 2 rings (SSSR count). The number of rotatable bonds is 3. The Labute approximate surface area is 143 Å². The summed E-state index contributed by atoms with van der Waals surface area (Å²) in [6, 6.07) is 1.73. The third kappa shape index (κ3) is 4.38. The van der Waals surface area contributed by atoms with E-state index in [1.165, 1.54) is 0 Å². The summed E-state index contributed by atoms with van der Waals surface area (Å²) >= 11 is 0. The molecule has 0 radical (unpaired) electrons. The molecule has 0 amide bonds. The largest absolute Gasteiger partial charge is 0.416 e. The predicted octanol–water partition coefficient (Wildman–Crippen LogP) is 5.45. The van der Waals surface area contributed by atoms with Crippen molar-refractivity contribution in [3.63, 3.8) is 0 Å². The topological polar surface area (TPSA) is 12.5 Å². The summed E-state index contributed by atoms with van der Waals surface area (Å²) in [6.45, 7) is 6.12. The Balaban J connectivity index is 2.69. The number of halogens is 6. The van der Waals surface area contributed by atoms with Crippen LogP contribution >= 0.6 is 0 Å². The van der Waals surface area contributed by atoms with Gasteiger partial charge in [-0.1, -0.05) is 0 Å². The molecular weight excluding hydrogens is 364 g/mol. The first-order valence-electron chi connectivity index (χ1n) is 7.86. The van der Waals surface area contributed by atoms with Crippen LogP contribution in [0.15, 0.2) is 18.2 Å². The fourth-order valence-corrected chi connectivity index (χ4v) is 4.56. The lowest BCUT2D eigenvalue weighted by molar-refractivity contribution is -0.143. The first kappa shape index (κ1) is 20.3. The summed E-state index contributed by atoms with van der Waals surface area (Å²) < 4.78 is 85.2. The van der Waals surface area contributed by atoms with Crippen LogP contribution in [0.5, 0.6) is 0 Å². The molecule has 0 aliphatic carbocycles. The fraction of sp³-hybridized carbons (Fsp3) is 0.625. The van der Waals surface area contributed by atoms with Gasteiger partial charge in [0.25, 0.3) is 0 Å². The smallest absolute Gasteiger partial charge is 0.396 e. The molecule has 9 heteroatoms. The van der Waals surface area contributed by atoms with Gasteiger partial charge in [-0.3, -0.25) is 4.90 Å². The maximum Gasteiger partial charge on any atom is 0.416 e. The van der Waals surface area contributed by atoms with Gasteiger partial charge in [-0.2, -0.15) is 26.3 Å². The van der Waals surface area contributed by atoms with E-state index in [4.69, 9.17) is 4.43 Å². The van der Waals surface area contributed by atoms with Gasteiger partial charge in [0.15, 0.2) is 8.32 Å². The summed E-state index contributed by atoms with van der Waals surface area (Å²) in [6.07, 6.45) is -8.74. The van der Waals surface area contributed by atoms with Crippen molar-refractivity contribution in [2.75, 3.05) is 13.6 Å². The Hall–Kier alpha value is -1.06. The monoisotopic (exact) mass is 385 g/mol. The molecule has 0 N–H and O–H groups in total. The Morgan fingerprint density at radius 2 is 1.44 bits per heavy atom. The van der Waals surface area contributed by atoms with Crippen molar-refractivity contribution < 1.29 is 30.8 Å². The van der Waals surface area contributed by atoms with Crippen LogP contribution in [-0.2, 0) is 22.5 Å². The Kier molecular flexibility index (Phi) is 5.08. The standard InChI is InChI=1S/C16H21F6NOSi/c1-23-7-5-6-14(23,24-25(2,3)4)11-8-12(15(17,18)19)10-13(9-11)16(20,21)22/h8-10H,5-7H2,1-4H3. The Morgan fingerprint density at radius 1 is 0.960 bits per heavy atom. The first-order chi connectivity index (χ1) is 11.2. The molecule has 1 atom stereocenters. The lowest BCUT2D eigenvalue weighted by Crippen LogP contribution is -2.48. The van der Waals surface area contributed by atoms with Crippen molar-refractivity contribution in [1.82, 2.24) is 4.90 Å². The second-order valence-corrected chi connectivity index (χ2v) is 11.7. The lowest BCUT2D eigenvalue weighted by Gasteiger charge is -2.42. The minimum absolute atomic E-state index is 0.0860. The summed E-state index contributed by atoms with van der Waals surface area (Å²) in [5.74, 6) is 0. The van der Waals surface area contributed by atoms with Crippen molar-refractivity contribution in [3.8, 4) is 0 Å². The maximum atomic E-state index is 13.2. The summed E-state index contributed by atoms with van der Waals surface area (Å²) in [7, 11) is -0.583. The summed E-state index contributed by atoms with van der Waals surface area (Å²) in [4.78, 5) is 1.71. The molecule has 25 heavy (non-hydrogen) atoms. The average molecular weight is 385 g/mol. The molecule has 0 bridgehead atoms. The van der Waals surface area contributed by atoms with Crippen molar-refractivity contribution in [2.24, 2.45) is 0 Å². The van der Waals surface area contributed by atoms with E-state index in [0.29, 0.717) is 19.4 Å². The molecule has 1 aliphatic rings. The van der Waals surface area contributed by atoms with Crippen molar-refractivity contribution in [2.45, 2.75) is 50.6 Å². The van der Waals surface area contributed by atoms with Gasteiger partial charge in [0.2, 0.25) is 0 Å². The zero-order valence-corrected chi connectivity index (χ0v) is 15.5. The molecule has 1 aromatic carbocycles. The molecule has 1 unspecified atom stereocenters. The minimum atomic E-state index is -4.87. The quantitative estimate of drug-likeness (QED) is 0.506. The fourth-order valence-electron chi connectivity index (χ4n) is 3.17. The number of likely N-dealkylation sites (tertiary alicyclic amines) is 1. The normalized spacial score (nSPS) is 23.3. The van der Waals surface area contributed by atoms with E-state index in [9.17, 15) is 26.3 Å². The Bertz CT molecular complexity index is 605. The number of nitrogens with zero attached hydrogens (tertiary/aromatic N) is 1. The van der Waals surface area contributed by atoms with Gasteiger partial charge in [-0.15, -0.1) is 0 Å². The average Bonchev–Trinajstić information content (AvgIpc) is 2.76. The van der Waals surface area contributed by atoms with Crippen molar-refractivity contribution >= 4 is 8.32 Å². The molecule has 0 spiro atoms. The van der Waals surface area contributed by atoms with Crippen LogP contribution in [0.3, 0.4) is 0 Å². The van der Waals surface area contributed by atoms with Crippen molar-refractivity contribution in [3.05, 3.63) is 34.9 Å². The van der Waals surface area contributed by atoms with Gasteiger partial charge in [0.05, 0.1) is 11.1 Å². The van der Waals surface area contributed by atoms with E-state index in [-0.39, 0.29) is 11.6 Å². The van der Waals surface area contributed by atoms with E-state index in [2.05, 4.69) is 0 Å². The molecule has 142 valence electrons.